The molecule has 126 valence electrons. The zero-order valence-electron chi connectivity index (χ0n) is 15.8. The zero-order chi connectivity index (χ0) is 17.0. The van der Waals surface area contributed by atoms with Crippen molar-refractivity contribution in [3.63, 3.8) is 0 Å². The number of carboxylic acid groups (broad SMARTS) is 1. The molecule has 10 heteroatoms. The van der Waals surface area contributed by atoms with Gasteiger partial charge in [0.2, 0.25) is 11.8 Å². The van der Waals surface area contributed by atoms with Crippen molar-refractivity contribution >= 4 is 49.5 Å². The molecule has 0 aliphatic heterocycles. The Labute approximate surface area is 171 Å². The van der Waals surface area contributed by atoms with Crippen molar-refractivity contribution in [1.82, 2.24) is 15.0 Å². The minimum Gasteiger partial charge on any atom is -1.00 e. The molecular weight excluding hydrogens is 344 g/mol. The van der Waals surface area contributed by atoms with Crippen LogP contribution in [0.5, 0.6) is 23.5 Å². The van der Waals surface area contributed by atoms with Crippen molar-refractivity contribution in [2.75, 3.05) is 33.2 Å². The van der Waals surface area contributed by atoms with Gasteiger partial charge in [0.15, 0.2) is 11.4 Å². The summed E-state index contributed by atoms with van der Waals surface area (Å²) in [7, 11) is 6.37. The largest absolute Gasteiger partial charge is 2.00 e. The molecule has 9 nitrogen and oxygen atoms in total. The summed E-state index contributed by atoms with van der Waals surface area (Å²) in [4.78, 5) is 25.1. The van der Waals surface area contributed by atoms with Crippen LogP contribution in [-0.2, 0) is 0 Å². The normalized spacial score (nSPS) is 9.67. The molecule has 2 aromatic rings. The fourth-order valence-electron chi connectivity index (χ4n) is 1.66. The summed E-state index contributed by atoms with van der Waals surface area (Å²) >= 11 is 0. The number of carboxylic acids is 1. The number of hydrogen-bond donors (Lipinski definition) is 1. The van der Waals surface area contributed by atoms with E-state index in [-0.39, 0.29) is 69.8 Å². The minimum absolute atomic E-state index is 0. The molecule has 2 rings (SSSR count). The molecule has 2 heterocycles. The van der Waals surface area contributed by atoms with Crippen LogP contribution < -0.4 is 19.1 Å². The predicted molar refractivity (Wildman–Crippen MR) is 88.7 cm³/mol. The van der Waals surface area contributed by atoms with Gasteiger partial charge in [0.1, 0.15) is 5.82 Å². The second-order valence-corrected chi connectivity index (χ2v) is 4.55. The second kappa shape index (κ2) is 8.86. The van der Waals surface area contributed by atoms with Crippen molar-refractivity contribution in [2.24, 2.45) is 0 Å². The van der Waals surface area contributed by atoms with E-state index < -0.39 is 5.97 Å². The molecule has 0 aliphatic carbocycles. The maximum absolute atomic E-state index is 11.4. The van der Waals surface area contributed by atoms with Gasteiger partial charge in [-0.1, -0.05) is 0 Å². The van der Waals surface area contributed by atoms with Crippen LogP contribution in [0.3, 0.4) is 0 Å². The fourth-order valence-corrected chi connectivity index (χ4v) is 1.66. The van der Waals surface area contributed by atoms with Gasteiger partial charge in [-0.05, 0) is 12.1 Å². The van der Waals surface area contributed by atoms with Crippen LogP contribution in [0.15, 0.2) is 18.2 Å². The summed E-state index contributed by atoms with van der Waals surface area (Å²) in [5.74, 6) is -0.279. The Morgan fingerprint density at radius 3 is 2.17 bits per heavy atom. The first-order chi connectivity index (χ1) is 10.9. The van der Waals surface area contributed by atoms with Gasteiger partial charge in [0.25, 0.3) is 0 Å². The Kier molecular flexibility index (Phi) is 7.46. The summed E-state index contributed by atoms with van der Waals surface area (Å²) in [5.41, 5.74) is -0.249. The predicted octanol–water partition coefficient (Wildman–Crippen LogP) is 1.29. The third-order valence-electron chi connectivity index (χ3n) is 2.78. The standard InChI is InChI=1S/C14H16N4O5.Ca.2H/c1-18(2)9-6-5-8(12(15-9)13(19)20)23-14-16-10(21-3)7-11(17-14)22-4;;;/h5-7H,1-4H3,(H,19,20);;;/q;+2;2*-1. The zero-order valence-corrected chi connectivity index (χ0v) is 16.0. The number of anilines is 1. The van der Waals surface area contributed by atoms with E-state index in [9.17, 15) is 9.90 Å². The van der Waals surface area contributed by atoms with Gasteiger partial charge in [0.05, 0.1) is 20.3 Å². The Balaban J connectivity index is 0. The topological polar surface area (TPSA) is 107 Å². The van der Waals surface area contributed by atoms with Crippen molar-refractivity contribution < 1.29 is 27.0 Å². The maximum Gasteiger partial charge on any atom is 2.00 e. The van der Waals surface area contributed by atoms with E-state index in [1.54, 1.807) is 25.1 Å². The van der Waals surface area contributed by atoms with Crippen LogP contribution in [0.2, 0.25) is 0 Å². The first-order valence-electron chi connectivity index (χ1n) is 6.51. The average Bonchev–Trinajstić information content (AvgIpc) is 2.54. The molecule has 0 aromatic carbocycles. The molecule has 2 aromatic heterocycles. The van der Waals surface area contributed by atoms with E-state index >= 15 is 0 Å². The number of ether oxygens (including phenoxy) is 3. The van der Waals surface area contributed by atoms with E-state index in [1.165, 1.54) is 26.4 Å². The summed E-state index contributed by atoms with van der Waals surface area (Å²) < 4.78 is 15.5. The van der Waals surface area contributed by atoms with Gasteiger partial charge in [-0.2, -0.15) is 9.97 Å². The first kappa shape index (κ1) is 20.2. The van der Waals surface area contributed by atoms with E-state index in [0.717, 1.165) is 0 Å². The summed E-state index contributed by atoms with van der Waals surface area (Å²) in [6.45, 7) is 0. The van der Waals surface area contributed by atoms with Gasteiger partial charge >= 0.3 is 49.7 Å². The minimum atomic E-state index is -1.22. The number of pyridine rings is 1. The van der Waals surface area contributed by atoms with Crippen molar-refractivity contribution in [3.05, 3.63) is 23.9 Å². The molecule has 0 unspecified atom stereocenters. The Morgan fingerprint density at radius 2 is 1.71 bits per heavy atom. The molecular formula is C14H18CaN4O5. The number of hydrogen-bond acceptors (Lipinski definition) is 8. The third kappa shape index (κ3) is 4.83. The Morgan fingerprint density at radius 1 is 1.12 bits per heavy atom. The maximum atomic E-state index is 11.4. The molecule has 0 spiro atoms. The van der Waals surface area contributed by atoms with Crippen LogP contribution in [0.1, 0.15) is 13.3 Å². The van der Waals surface area contributed by atoms with E-state index in [0.29, 0.717) is 5.82 Å². The summed E-state index contributed by atoms with van der Waals surface area (Å²) in [5, 5.41) is 9.30. The van der Waals surface area contributed by atoms with Crippen LogP contribution in [0.4, 0.5) is 5.82 Å². The number of rotatable bonds is 6. The van der Waals surface area contributed by atoms with Gasteiger partial charge in [-0.3, -0.25) is 0 Å². The number of methoxy groups -OCH3 is 2. The van der Waals surface area contributed by atoms with E-state index in [4.69, 9.17) is 14.2 Å². The Bertz CT molecular complexity index is 714. The number of carbonyl (C=O) groups is 1. The second-order valence-electron chi connectivity index (χ2n) is 4.55. The molecule has 0 amide bonds. The van der Waals surface area contributed by atoms with Crippen LogP contribution in [-0.4, -0.2) is 92.1 Å². The smallest absolute Gasteiger partial charge is 1.00 e. The molecule has 1 N–H and O–H groups in total. The van der Waals surface area contributed by atoms with Gasteiger partial charge < -0.3 is 27.1 Å². The molecule has 0 bridgehead atoms. The monoisotopic (exact) mass is 362 g/mol. The molecule has 0 radical (unpaired) electrons. The van der Waals surface area contributed by atoms with Crippen LogP contribution in [0, 0.1) is 0 Å². The van der Waals surface area contributed by atoms with Crippen LogP contribution >= 0.6 is 0 Å². The summed E-state index contributed by atoms with van der Waals surface area (Å²) in [6, 6.07) is 4.47. The van der Waals surface area contributed by atoms with E-state index in [2.05, 4.69) is 15.0 Å². The van der Waals surface area contributed by atoms with E-state index in [1.807, 2.05) is 0 Å². The molecule has 0 saturated heterocycles. The number of nitrogens with zero attached hydrogens (tertiary/aromatic N) is 4. The molecule has 0 aliphatic rings. The van der Waals surface area contributed by atoms with Crippen molar-refractivity contribution in [2.45, 2.75) is 0 Å². The van der Waals surface area contributed by atoms with Crippen LogP contribution in [0.25, 0.3) is 0 Å². The average molecular weight is 362 g/mol. The van der Waals surface area contributed by atoms with Crippen molar-refractivity contribution in [3.8, 4) is 23.5 Å². The first-order valence-corrected chi connectivity index (χ1v) is 6.51. The van der Waals surface area contributed by atoms with Gasteiger partial charge in [0, 0.05) is 14.1 Å². The number of aromatic nitrogens is 3. The van der Waals surface area contributed by atoms with Gasteiger partial charge in [-0.15, -0.1) is 0 Å². The molecule has 0 saturated carbocycles. The molecule has 0 atom stereocenters. The molecule has 24 heavy (non-hydrogen) atoms. The molecule has 0 fully saturated rings. The SMILES string of the molecule is COc1cc(OC)nc(Oc2ccc(N(C)C)nc2C(=O)O)n1.[Ca+2].[H-].[H-]. The summed E-state index contributed by atoms with van der Waals surface area (Å²) in [6.07, 6.45) is 0. The Hall–Kier alpha value is -1.84. The number of aromatic carboxylic acids is 1. The third-order valence-corrected chi connectivity index (χ3v) is 2.78. The quantitative estimate of drug-likeness (QED) is 0.761. The fraction of sp³-hybridized carbons (Fsp3) is 0.286. The van der Waals surface area contributed by atoms with Gasteiger partial charge in [-0.25, -0.2) is 9.78 Å². The van der Waals surface area contributed by atoms with Crippen molar-refractivity contribution in [1.29, 1.82) is 0 Å².